The lowest BCUT2D eigenvalue weighted by Gasteiger charge is -2.18. The Hall–Kier alpha value is -2.86. The molecule has 148 valence electrons. The molecule has 2 rings (SSSR count). The Kier molecular flexibility index (Phi) is 7.58. The lowest BCUT2D eigenvalue weighted by Crippen LogP contribution is -2.29. The van der Waals surface area contributed by atoms with Gasteiger partial charge in [0.15, 0.2) is 0 Å². The van der Waals surface area contributed by atoms with Gasteiger partial charge in [-0.2, -0.15) is 0 Å². The van der Waals surface area contributed by atoms with Crippen molar-refractivity contribution in [2.24, 2.45) is 5.92 Å². The first-order chi connectivity index (χ1) is 13.2. The van der Waals surface area contributed by atoms with Crippen LogP contribution in [0, 0.1) is 5.92 Å². The summed E-state index contributed by atoms with van der Waals surface area (Å²) in [7, 11) is 0. The number of nitrogens with one attached hydrogen (secondary N) is 3. The number of hydrogen-bond donors (Lipinski definition) is 3. The lowest BCUT2D eigenvalue weighted by atomic mass is 10.0. The lowest BCUT2D eigenvalue weighted by molar-refractivity contribution is -0.121. The Morgan fingerprint density at radius 1 is 0.964 bits per heavy atom. The minimum atomic E-state index is -0.474. The van der Waals surface area contributed by atoms with Gasteiger partial charge in [0.2, 0.25) is 17.7 Å². The number of amides is 3. The SMILES string of the molecule is CC(=O)NC(CC(=O)Nc1cccc(NC(=O)C(C)C)c1)c1ccc(Cl)cc1. The van der Waals surface area contributed by atoms with Crippen LogP contribution >= 0.6 is 11.6 Å². The van der Waals surface area contributed by atoms with Crippen molar-refractivity contribution in [3.63, 3.8) is 0 Å². The van der Waals surface area contributed by atoms with Gasteiger partial charge in [0.1, 0.15) is 0 Å². The minimum Gasteiger partial charge on any atom is -0.349 e. The second kappa shape index (κ2) is 9.90. The van der Waals surface area contributed by atoms with Crippen molar-refractivity contribution in [1.82, 2.24) is 5.32 Å². The fraction of sp³-hybridized carbons (Fsp3) is 0.286. The van der Waals surface area contributed by atoms with Crippen molar-refractivity contribution < 1.29 is 14.4 Å². The molecule has 2 aromatic carbocycles. The van der Waals surface area contributed by atoms with Crippen molar-refractivity contribution in [2.75, 3.05) is 10.6 Å². The molecule has 1 atom stereocenters. The molecule has 0 radical (unpaired) electrons. The van der Waals surface area contributed by atoms with Gasteiger partial charge >= 0.3 is 0 Å². The molecule has 0 aliphatic carbocycles. The molecule has 0 aliphatic heterocycles. The Labute approximate surface area is 169 Å². The van der Waals surface area contributed by atoms with Crippen LogP contribution in [0.1, 0.15) is 38.8 Å². The van der Waals surface area contributed by atoms with Crippen molar-refractivity contribution in [3.05, 3.63) is 59.1 Å². The van der Waals surface area contributed by atoms with Gasteiger partial charge in [-0.3, -0.25) is 14.4 Å². The molecule has 0 bridgehead atoms. The summed E-state index contributed by atoms with van der Waals surface area (Å²) < 4.78 is 0. The second-order valence-electron chi connectivity index (χ2n) is 6.78. The van der Waals surface area contributed by atoms with E-state index in [-0.39, 0.29) is 30.1 Å². The van der Waals surface area contributed by atoms with E-state index in [2.05, 4.69) is 16.0 Å². The summed E-state index contributed by atoms with van der Waals surface area (Å²) in [6.07, 6.45) is 0.0593. The van der Waals surface area contributed by atoms with Gasteiger partial charge in [-0.1, -0.05) is 43.6 Å². The third-order valence-electron chi connectivity index (χ3n) is 3.98. The third kappa shape index (κ3) is 6.70. The maximum absolute atomic E-state index is 12.5. The minimum absolute atomic E-state index is 0.0593. The highest BCUT2D eigenvalue weighted by Gasteiger charge is 2.17. The molecule has 0 aliphatic rings. The zero-order valence-electron chi connectivity index (χ0n) is 16.1. The molecule has 28 heavy (non-hydrogen) atoms. The monoisotopic (exact) mass is 401 g/mol. The molecule has 0 aromatic heterocycles. The number of rotatable bonds is 7. The topological polar surface area (TPSA) is 87.3 Å². The van der Waals surface area contributed by atoms with E-state index in [0.29, 0.717) is 16.4 Å². The number of benzene rings is 2. The molecule has 0 saturated heterocycles. The van der Waals surface area contributed by atoms with Crippen molar-refractivity contribution in [3.8, 4) is 0 Å². The van der Waals surface area contributed by atoms with Gasteiger partial charge in [0.05, 0.1) is 12.5 Å². The Balaban J connectivity index is 2.07. The number of hydrogen-bond acceptors (Lipinski definition) is 3. The van der Waals surface area contributed by atoms with E-state index in [4.69, 9.17) is 11.6 Å². The smallest absolute Gasteiger partial charge is 0.226 e. The molecule has 1 unspecified atom stereocenters. The summed E-state index contributed by atoms with van der Waals surface area (Å²) in [5.74, 6) is -0.736. The summed E-state index contributed by atoms with van der Waals surface area (Å²) in [5.41, 5.74) is 1.95. The molecule has 0 fully saturated rings. The summed E-state index contributed by atoms with van der Waals surface area (Å²) in [5, 5.41) is 8.96. The van der Waals surface area contributed by atoms with Crippen molar-refractivity contribution in [2.45, 2.75) is 33.2 Å². The average Bonchev–Trinajstić information content (AvgIpc) is 2.61. The van der Waals surface area contributed by atoms with Crippen LogP contribution in [0.15, 0.2) is 48.5 Å². The van der Waals surface area contributed by atoms with Gasteiger partial charge in [0.25, 0.3) is 0 Å². The molecular formula is C21H24ClN3O3. The van der Waals surface area contributed by atoms with Gasteiger partial charge in [-0.05, 0) is 35.9 Å². The summed E-state index contributed by atoms with van der Waals surface area (Å²) in [6, 6.07) is 13.4. The van der Waals surface area contributed by atoms with Gasteiger partial charge in [-0.25, -0.2) is 0 Å². The number of anilines is 2. The highest BCUT2D eigenvalue weighted by atomic mass is 35.5. The molecule has 7 heteroatoms. The first-order valence-corrected chi connectivity index (χ1v) is 9.35. The maximum atomic E-state index is 12.5. The number of carbonyl (C=O) groups excluding carboxylic acids is 3. The fourth-order valence-corrected chi connectivity index (χ4v) is 2.68. The largest absolute Gasteiger partial charge is 0.349 e. The van der Waals surface area contributed by atoms with Gasteiger partial charge in [-0.15, -0.1) is 0 Å². The van der Waals surface area contributed by atoms with Crippen LogP contribution in [0.3, 0.4) is 0 Å². The van der Waals surface area contributed by atoms with Crippen LogP contribution in [-0.4, -0.2) is 17.7 Å². The number of carbonyl (C=O) groups is 3. The Bertz CT molecular complexity index is 850. The molecule has 0 spiro atoms. The van der Waals surface area contributed by atoms with E-state index in [1.807, 2.05) is 0 Å². The van der Waals surface area contributed by atoms with E-state index in [9.17, 15) is 14.4 Å². The summed E-state index contributed by atoms with van der Waals surface area (Å²) in [4.78, 5) is 35.9. The van der Waals surface area contributed by atoms with E-state index in [0.717, 1.165) is 5.56 Å². The Morgan fingerprint density at radius 3 is 2.14 bits per heavy atom. The molecule has 3 amide bonds. The molecule has 3 N–H and O–H groups in total. The van der Waals surface area contributed by atoms with Crippen LogP contribution in [0.5, 0.6) is 0 Å². The van der Waals surface area contributed by atoms with Crippen LogP contribution in [0.25, 0.3) is 0 Å². The normalized spacial score (nSPS) is 11.6. The summed E-state index contributed by atoms with van der Waals surface area (Å²) >= 11 is 5.91. The van der Waals surface area contributed by atoms with E-state index in [1.54, 1.807) is 62.4 Å². The summed E-state index contributed by atoms with van der Waals surface area (Å²) in [6.45, 7) is 5.02. The van der Waals surface area contributed by atoms with Crippen LogP contribution < -0.4 is 16.0 Å². The zero-order chi connectivity index (χ0) is 20.7. The predicted molar refractivity (Wildman–Crippen MR) is 111 cm³/mol. The van der Waals surface area contributed by atoms with Gasteiger partial charge in [0, 0.05) is 29.2 Å². The molecular weight excluding hydrogens is 378 g/mol. The van der Waals surface area contributed by atoms with Gasteiger partial charge < -0.3 is 16.0 Å². The molecule has 2 aromatic rings. The first-order valence-electron chi connectivity index (χ1n) is 8.98. The first kappa shape index (κ1) is 21.4. The number of halogens is 1. The second-order valence-corrected chi connectivity index (χ2v) is 7.22. The molecule has 0 saturated carbocycles. The van der Waals surface area contributed by atoms with E-state index >= 15 is 0 Å². The predicted octanol–water partition coefficient (Wildman–Crippen LogP) is 4.14. The highest BCUT2D eigenvalue weighted by molar-refractivity contribution is 6.30. The van der Waals surface area contributed by atoms with Crippen molar-refractivity contribution >= 4 is 40.7 Å². The van der Waals surface area contributed by atoms with E-state index in [1.165, 1.54) is 6.92 Å². The fourth-order valence-electron chi connectivity index (χ4n) is 2.55. The quantitative estimate of drug-likeness (QED) is 0.651. The van der Waals surface area contributed by atoms with Crippen LogP contribution in [0.4, 0.5) is 11.4 Å². The van der Waals surface area contributed by atoms with Crippen LogP contribution in [0.2, 0.25) is 5.02 Å². The molecule has 6 nitrogen and oxygen atoms in total. The zero-order valence-corrected chi connectivity index (χ0v) is 16.8. The van der Waals surface area contributed by atoms with E-state index < -0.39 is 6.04 Å². The molecule has 0 heterocycles. The standard InChI is InChI=1S/C21H24ClN3O3/c1-13(2)21(28)25-18-6-4-5-17(11-18)24-20(27)12-19(23-14(3)26)15-7-9-16(22)10-8-15/h4-11,13,19H,12H2,1-3H3,(H,23,26)(H,24,27)(H,25,28). The third-order valence-corrected chi connectivity index (χ3v) is 4.23. The highest BCUT2D eigenvalue weighted by Crippen LogP contribution is 2.21. The average molecular weight is 402 g/mol. The van der Waals surface area contributed by atoms with Crippen molar-refractivity contribution in [1.29, 1.82) is 0 Å². The van der Waals surface area contributed by atoms with Crippen LogP contribution in [-0.2, 0) is 14.4 Å². The maximum Gasteiger partial charge on any atom is 0.226 e. The Morgan fingerprint density at radius 2 is 1.57 bits per heavy atom.